The van der Waals surface area contributed by atoms with Crippen LogP contribution in [0.1, 0.15) is 126 Å². The third-order valence-corrected chi connectivity index (χ3v) is 17.9. The fourth-order valence-electron chi connectivity index (χ4n) is 14.0. The van der Waals surface area contributed by atoms with E-state index in [0.29, 0.717) is 63.4 Å². The van der Waals surface area contributed by atoms with Crippen LogP contribution in [0.3, 0.4) is 0 Å². The van der Waals surface area contributed by atoms with E-state index in [1.165, 1.54) is 0 Å². The molecular formula is C50H72O14. The van der Waals surface area contributed by atoms with Gasteiger partial charge in [0.05, 0.1) is 114 Å². The van der Waals surface area contributed by atoms with Crippen molar-refractivity contribution in [3.63, 3.8) is 0 Å². The van der Waals surface area contributed by atoms with Crippen LogP contribution in [0.25, 0.3) is 0 Å². The standard InChI is InChI=1S/C50H72O14/c1-25(24-51)14-28-17-37(52)50(8)41(54-28)19-33-34(61-50)18-32-29(55-33)10-9-12-46(4)42(58-32)23-49(7)40(62-46)21-39-47(5,64-49)13-11-30-44(60-39)26(2)15-31-36(56-30)22-48(6)38(57-31)20-35-45(63-48)27(3)16-43(53)59-35/h9-10,16,26,28-42,44-45,51-52H,1,11-15,17-24H2,2-8H3/t26?,28?,29?,30?,31?,32?,33?,34?,35?,36?,37?,38?,39?,40?,41?,42?,44?,45?,46-,47-,48+,49+,50+/m1/s1. The molecule has 356 valence electrons. The van der Waals surface area contributed by atoms with Crippen LogP contribution in [0.15, 0.2) is 36.0 Å². The van der Waals surface area contributed by atoms with Gasteiger partial charge in [-0.3, -0.25) is 0 Å². The highest BCUT2D eigenvalue weighted by Gasteiger charge is 2.64. The Balaban J connectivity index is 0.776. The van der Waals surface area contributed by atoms with Crippen LogP contribution in [-0.4, -0.2) is 155 Å². The molecule has 0 radical (unpaired) electrons. The molecule has 0 saturated carbocycles. The molecule has 0 aromatic rings. The van der Waals surface area contributed by atoms with Crippen molar-refractivity contribution in [1.82, 2.24) is 0 Å². The lowest BCUT2D eigenvalue weighted by Crippen LogP contribution is -2.70. The summed E-state index contributed by atoms with van der Waals surface area (Å²) in [5.41, 5.74) is -1.68. The highest BCUT2D eigenvalue weighted by atomic mass is 16.7. The van der Waals surface area contributed by atoms with E-state index in [4.69, 9.17) is 52.1 Å². The van der Waals surface area contributed by atoms with Crippen LogP contribution in [0, 0.1) is 5.92 Å². The summed E-state index contributed by atoms with van der Waals surface area (Å²) >= 11 is 0. The third kappa shape index (κ3) is 7.46. The van der Waals surface area contributed by atoms with Gasteiger partial charge in [0.1, 0.15) is 23.9 Å². The van der Waals surface area contributed by atoms with E-state index >= 15 is 0 Å². The van der Waals surface area contributed by atoms with Crippen molar-refractivity contribution in [2.45, 2.75) is 257 Å². The summed E-state index contributed by atoms with van der Waals surface area (Å²) in [6, 6.07) is 0. The summed E-state index contributed by atoms with van der Waals surface area (Å²) < 4.78 is 75.7. The number of aliphatic hydroxyl groups excluding tert-OH is 2. The van der Waals surface area contributed by atoms with Gasteiger partial charge in [0, 0.05) is 51.0 Å². The third-order valence-electron chi connectivity index (χ3n) is 17.9. The van der Waals surface area contributed by atoms with Gasteiger partial charge in [-0.05, 0) is 90.7 Å². The van der Waals surface area contributed by atoms with Crippen molar-refractivity contribution in [2.24, 2.45) is 5.92 Å². The predicted molar refractivity (Wildman–Crippen MR) is 229 cm³/mol. The smallest absolute Gasteiger partial charge is 0.331 e. The SMILES string of the molecule is C=C(CO)CC1CC(O)[C@]2(C)OC3CC4OC5C[C@]6(C)O[C@]7(C)CCC8OC9C[C@]%10(C)OC%11C(C)=CC(=O)OC%11CC%10OC9CC(C)C8OC7CC6O[C@]5(C)CC=CC4OC3CC2O1. The largest absolute Gasteiger partial charge is 0.456 e. The van der Waals surface area contributed by atoms with Gasteiger partial charge < -0.3 is 62.3 Å². The minimum Gasteiger partial charge on any atom is -0.456 e. The molecule has 23 atom stereocenters. The average Bonchev–Trinajstić information content (AvgIpc) is 3.43. The van der Waals surface area contributed by atoms with Gasteiger partial charge in [0.25, 0.3) is 0 Å². The maximum Gasteiger partial charge on any atom is 0.331 e. The number of rotatable bonds is 3. The molecule has 11 rings (SSSR count). The Hall–Kier alpha value is -1.79. The van der Waals surface area contributed by atoms with E-state index in [1.54, 1.807) is 6.08 Å². The molecule has 14 heteroatoms. The van der Waals surface area contributed by atoms with Crippen LogP contribution in [-0.2, 0) is 56.9 Å². The first-order valence-corrected chi connectivity index (χ1v) is 24.5. The lowest BCUT2D eigenvalue weighted by Gasteiger charge is -2.60. The van der Waals surface area contributed by atoms with Gasteiger partial charge in [-0.2, -0.15) is 0 Å². The molecule has 0 bridgehead atoms. The number of aliphatic hydroxyl groups is 2. The first-order valence-electron chi connectivity index (χ1n) is 24.5. The molecule has 0 aliphatic carbocycles. The zero-order valence-corrected chi connectivity index (χ0v) is 38.8. The molecule has 11 aliphatic rings. The average molecular weight is 897 g/mol. The van der Waals surface area contributed by atoms with E-state index in [9.17, 15) is 15.0 Å². The molecule has 9 fully saturated rings. The van der Waals surface area contributed by atoms with Crippen LogP contribution >= 0.6 is 0 Å². The fraction of sp³-hybridized carbons (Fsp3) is 0.860. The number of ether oxygens (including phenoxy) is 11. The summed E-state index contributed by atoms with van der Waals surface area (Å²) in [7, 11) is 0. The Morgan fingerprint density at radius 2 is 1.48 bits per heavy atom. The van der Waals surface area contributed by atoms with Crippen LogP contribution in [0.5, 0.6) is 0 Å². The Bertz CT molecular complexity index is 1910. The quantitative estimate of drug-likeness (QED) is 0.279. The number of fused-ring (bicyclic) bond motifs is 10. The molecule has 0 spiro atoms. The summed E-state index contributed by atoms with van der Waals surface area (Å²) in [5, 5.41) is 21.0. The van der Waals surface area contributed by atoms with E-state index in [0.717, 1.165) is 24.8 Å². The number of esters is 1. The summed E-state index contributed by atoms with van der Waals surface area (Å²) in [4.78, 5) is 12.3. The maximum absolute atomic E-state index is 12.3. The Kier molecular flexibility index (Phi) is 11.1. The second-order valence-corrected chi connectivity index (χ2v) is 22.8. The molecule has 18 unspecified atom stereocenters. The molecule has 11 aliphatic heterocycles. The molecular weight excluding hydrogens is 825 g/mol. The Morgan fingerprint density at radius 3 is 2.30 bits per heavy atom. The number of carbonyl (C=O) groups is 1. The second kappa shape index (κ2) is 15.9. The van der Waals surface area contributed by atoms with Gasteiger partial charge in [-0.15, -0.1) is 0 Å². The number of carbonyl (C=O) groups excluding carboxylic acids is 1. The second-order valence-electron chi connectivity index (χ2n) is 22.8. The lowest BCUT2D eigenvalue weighted by atomic mass is 9.72. The van der Waals surface area contributed by atoms with Crippen LogP contribution < -0.4 is 0 Å². The van der Waals surface area contributed by atoms with E-state index < -0.39 is 34.1 Å². The monoisotopic (exact) mass is 896 g/mol. The van der Waals surface area contributed by atoms with Crippen molar-refractivity contribution < 1.29 is 67.1 Å². The molecule has 14 nitrogen and oxygen atoms in total. The van der Waals surface area contributed by atoms with Gasteiger partial charge >= 0.3 is 5.97 Å². The van der Waals surface area contributed by atoms with Crippen molar-refractivity contribution >= 4 is 5.97 Å². The zero-order chi connectivity index (χ0) is 44.7. The lowest BCUT2D eigenvalue weighted by molar-refractivity contribution is -0.356. The van der Waals surface area contributed by atoms with Crippen molar-refractivity contribution in [3.05, 3.63) is 36.0 Å². The summed E-state index contributed by atoms with van der Waals surface area (Å²) in [6.07, 6.45) is 9.32. The highest BCUT2D eigenvalue weighted by Crippen LogP contribution is 2.55. The minimum atomic E-state index is -0.886. The Labute approximate surface area is 377 Å². The van der Waals surface area contributed by atoms with Crippen molar-refractivity contribution in [2.75, 3.05) is 6.61 Å². The molecule has 0 aromatic carbocycles. The highest BCUT2D eigenvalue weighted by molar-refractivity contribution is 5.84. The zero-order valence-electron chi connectivity index (χ0n) is 38.8. The summed E-state index contributed by atoms with van der Waals surface area (Å²) in [5.74, 6) is -0.141. The van der Waals surface area contributed by atoms with Crippen molar-refractivity contribution in [3.8, 4) is 0 Å². The van der Waals surface area contributed by atoms with Crippen molar-refractivity contribution in [1.29, 1.82) is 0 Å². The number of hydrogen-bond donors (Lipinski definition) is 2. The minimum absolute atomic E-state index is 0.101. The molecule has 64 heavy (non-hydrogen) atoms. The normalized spacial score (nSPS) is 56.5. The summed E-state index contributed by atoms with van der Waals surface area (Å²) in [6.45, 7) is 18.7. The van der Waals surface area contributed by atoms with E-state index in [1.807, 2.05) is 13.8 Å². The van der Waals surface area contributed by atoms with Gasteiger partial charge in [-0.25, -0.2) is 4.79 Å². The Morgan fingerprint density at radius 1 is 0.719 bits per heavy atom. The van der Waals surface area contributed by atoms with Crippen LogP contribution in [0.4, 0.5) is 0 Å². The van der Waals surface area contributed by atoms with Gasteiger partial charge in [0.15, 0.2) is 0 Å². The molecule has 0 aromatic heterocycles. The molecule has 9 saturated heterocycles. The van der Waals surface area contributed by atoms with E-state index in [2.05, 4.69) is 53.3 Å². The van der Waals surface area contributed by atoms with Crippen LogP contribution in [0.2, 0.25) is 0 Å². The fourth-order valence-corrected chi connectivity index (χ4v) is 14.0. The number of hydrogen-bond acceptors (Lipinski definition) is 14. The predicted octanol–water partition coefficient (Wildman–Crippen LogP) is 5.27. The molecule has 2 N–H and O–H groups in total. The van der Waals surface area contributed by atoms with E-state index in [-0.39, 0.29) is 116 Å². The topological polar surface area (TPSA) is 159 Å². The maximum atomic E-state index is 12.3. The van der Waals surface area contributed by atoms with Gasteiger partial charge in [0.2, 0.25) is 0 Å². The first-order chi connectivity index (χ1) is 30.4. The molecule has 11 heterocycles. The first kappa shape index (κ1) is 44.7. The van der Waals surface area contributed by atoms with Gasteiger partial charge in [-0.1, -0.05) is 25.7 Å². The molecule has 0 amide bonds.